The second-order valence-electron chi connectivity index (χ2n) is 10.5. The Morgan fingerprint density at radius 2 is 1.82 bits per heavy atom. The summed E-state index contributed by atoms with van der Waals surface area (Å²) in [5.41, 5.74) is 1.67. The van der Waals surface area contributed by atoms with E-state index < -0.39 is 5.60 Å². The van der Waals surface area contributed by atoms with Crippen molar-refractivity contribution in [2.75, 3.05) is 25.6 Å². The van der Waals surface area contributed by atoms with E-state index in [1.165, 1.54) is 5.56 Å². The van der Waals surface area contributed by atoms with Gasteiger partial charge in [0, 0.05) is 19.1 Å². The first-order chi connectivity index (χ1) is 18.2. The Kier molecular flexibility index (Phi) is 8.86. The third kappa shape index (κ3) is 7.02. The number of amides is 2. The van der Waals surface area contributed by atoms with Gasteiger partial charge in [-0.2, -0.15) is 0 Å². The zero-order valence-corrected chi connectivity index (χ0v) is 22.6. The van der Waals surface area contributed by atoms with Gasteiger partial charge in [-0.3, -0.25) is 5.32 Å². The quantitative estimate of drug-likeness (QED) is 0.320. The molecule has 1 unspecified atom stereocenters. The Labute approximate surface area is 224 Å². The molecule has 38 heavy (non-hydrogen) atoms. The van der Waals surface area contributed by atoms with Crippen LogP contribution in [0.2, 0.25) is 0 Å². The maximum atomic E-state index is 13.4. The fourth-order valence-corrected chi connectivity index (χ4v) is 4.88. The van der Waals surface area contributed by atoms with Crippen LogP contribution in [0.1, 0.15) is 43.7 Å². The molecule has 8 heteroatoms. The molecule has 0 spiro atoms. The third-order valence-corrected chi connectivity index (χ3v) is 6.69. The van der Waals surface area contributed by atoms with Crippen molar-refractivity contribution in [2.24, 2.45) is 5.92 Å². The van der Waals surface area contributed by atoms with Crippen molar-refractivity contribution in [2.45, 2.75) is 51.2 Å². The van der Waals surface area contributed by atoms with E-state index in [9.17, 15) is 9.90 Å². The summed E-state index contributed by atoms with van der Waals surface area (Å²) in [6.45, 7) is 5.84. The normalized spacial score (nSPS) is 19.6. The highest BCUT2D eigenvalue weighted by molar-refractivity contribution is 5.90. The lowest BCUT2D eigenvalue weighted by Crippen LogP contribution is -2.40. The number of carbonyl (C=O) groups is 1. The number of aromatic nitrogens is 2. The molecule has 202 valence electrons. The van der Waals surface area contributed by atoms with Gasteiger partial charge >= 0.3 is 6.03 Å². The lowest BCUT2D eigenvalue weighted by Gasteiger charge is -2.22. The van der Waals surface area contributed by atoms with E-state index in [2.05, 4.69) is 33.9 Å². The summed E-state index contributed by atoms with van der Waals surface area (Å²) in [6, 6.07) is 19.6. The molecule has 8 nitrogen and oxygen atoms in total. The number of nitrogens with zero attached hydrogens (tertiary/aromatic N) is 2. The number of hydrogen-bond donors (Lipinski definition) is 3. The van der Waals surface area contributed by atoms with Gasteiger partial charge < -0.3 is 19.9 Å². The number of rotatable bonds is 10. The lowest BCUT2D eigenvalue weighted by atomic mass is 9.93. The molecule has 3 aromatic rings. The zero-order valence-electron chi connectivity index (χ0n) is 22.6. The molecule has 0 saturated heterocycles. The molecule has 3 N–H and O–H groups in total. The van der Waals surface area contributed by atoms with E-state index >= 15 is 0 Å². The van der Waals surface area contributed by atoms with Crippen molar-refractivity contribution >= 4 is 11.8 Å². The predicted octanol–water partition coefficient (Wildman–Crippen LogP) is 5.22. The minimum atomic E-state index is -1.02. The molecule has 0 aliphatic heterocycles. The molecule has 2 amide bonds. The van der Waals surface area contributed by atoms with Crippen LogP contribution in [0.3, 0.4) is 0 Å². The van der Waals surface area contributed by atoms with E-state index in [0.29, 0.717) is 29.8 Å². The van der Waals surface area contributed by atoms with E-state index in [4.69, 9.17) is 9.47 Å². The maximum Gasteiger partial charge on any atom is 0.320 e. The summed E-state index contributed by atoms with van der Waals surface area (Å²) in [4.78, 5) is 13.4. The topological polar surface area (TPSA) is 97.6 Å². The number of benzene rings is 2. The number of methoxy groups -OCH3 is 1. The molecule has 3 atom stereocenters. The first-order valence-electron chi connectivity index (χ1n) is 13.0. The summed E-state index contributed by atoms with van der Waals surface area (Å²) in [5, 5.41) is 21.0. The Morgan fingerprint density at radius 3 is 2.47 bits per heavy atom. The molecule has 4 rings (SSSR count). The van der Waals surface area contributed by atoms with Crippen molar-refractivity contribution in [1.82, 2.24) is 15.1 Å². The Bertz CT molecular complexity index is 1220. The van der Waals surface area contributed by atoms with Crippen LogP contribution in [0.4, 0.5) is 10.6 Å². The first-order valence-corrected chi connectivity index (χ1v) is 13.0. The summed E-state index contributed by atoms with van der Waals surface area (Å²) in [5.74, 6) is 1.42. The summed E-state index contributed by atoms with van der Waals surface area (Å²) in [6.07, 6.45) is 6.03. The number of allylic oxidation sites excluding steroid dienone is 1. The summed E-state index contributed by atoms with van der Waals surface area (Å²) >= 11 is 0. The molecule has 1 aromatic heterocycles. The van der Waals surface area contributed by atoms with Gasteiger partial charge in [-0.1, -0.05) is 60.7 Å². The average molecular weight is 519 g/mol. The van der Waals surface area contributed by atoms with Gasteiger partial charge in [0.2, 0.25) is 5.88 Å². The zero-order chi connectivity index (χ0) is 27.1. The van der Waals surface area contributed by atoms with Crippen molar-refractivity contribution in [3.8, 4) is 11.6 Å². The highest BCUT2D eigenvalue weighted by Gasteiger charge is 2.35. The van der Waals surface area contributed by atoms with Crippen LogP contribution in [0.25, 0.3) is 5.69 Å². The maximum absolute atomic E-state index is 13.4. The van der Waals surface area contributed by atoms with Crippen LogP contribution in [0.5, 0.6) is 5.88 Å². The standard InChI is InChI=1S/C30H38N4O4/c1-21-27(34(24-15-9-6-10-16-24)33-28(21)38-20-30(2,3)36)32-29(35)31-26-19-22(12-11-17-37-4)18-25(26)23-13-7-5-8-14-23/h5-16,22,25-26,36H,17-20H2,1-4H3,(H2,31,32,35)/b12-11+/t22-,25?,26+/m0/s1. The number of aliphatic hydroxyl groups is 1. The molecule has 0 bridgehead atoms. The van der Waals surface area contributed by atoms with E-state index in [0.717, 1.165) is 18.5 Å². The average Bonchev–Trinajstić information content (AvgIpc) is 3.44. The Morgan fingerprint density at radius 1 is 1.13 bits per heavy atom. The van der Waals surface area contributed by atoms with Gasteiger partial charge in [-0.25, -0.2) is 9.48 Å². The van der Waals surface area contributed by atoms with Crippen molar-refractivity contribution in [3.05, 3.63) is 83.9 Å². The Hall–Kier alpha value is -3.62. The van der Waals surface area contributed by atoms with Gasteiger partial charge in [-0.05, 0) is 57.2 Å². The number of hydrogen-bond acceptors (Lipinski definition) is 5. The van der Waals surface area contributed by atoms with Crippen LogP contribution in [-0.4, -0.2) is 52.9 Å². The van der Waals surface area contributed by atoms with Gasteiger partial charge in [0.25, 0.3) is 0 Å². The van der Waals surface area contributed by atoms with Gasteiger partial charge in [0.05, 0.1) is 23.5 Å². The highest BCUT2D eigenvalue weighted by atomic mass is 16.5. The molecule has 1 fully saturated rings. The largest absolute Gasteiger partial charge is 0.473 e. The molecular formula is C30H38N4O4. The van der Waals surface area contributed by atoms with Crippen molar-refractivity contribution in [1.29, 1.82) is 0 Å². The lowest BCUT2D eigenvalue weighted by molar-refractivity contribution is 0.0265. The molecule has 1 heterocycles. The van der Waals surface area contributed by atoms with Crippen molar-refractivity contribution in [3.63, 3.8) is 0 Å². The SMILES string of the molecule is COC/C=C/[C@H]1CC(c2ccccc2)[C@H](NC(=O)Nc2c(C)c(OCC(C)(C)O)nn2-c2ccccc2)C1. The highest BCUT2D eigenvalue weighted by Crippen LogP contribution is 2.39. The fraction of sp³-hybridized carbons (Fsp3) is 0.400. The predicted molar refractivity (Wildman–Crippen MR) is 149 cm³/mol. The molecule has 1 saturated carbocycles. The summed E-state index contributed by atoms with van der Waals surface area (Å²) in [7, 11) is 1.68. The van der Waals surface area contributed by atoms with Gasteiger partial charge in [-0.15, -0.1) is 5.10 Å². The molecular weight excluding hydrogens is 480 g/mol. The number of nitrogens with one attached hydrogen (secondary N) is 2. The molecule has 1 aliphatic rings. The monoisotopic (exact) mass is 518 g/mol. The second-order valence-corrected chi connectivity index (χ2v) is 10.5. The van der Waals surface area contributed by atoms with E-state index in [1.54, 1.807) is 25.6 Å². The number of carbonyl (C=O) groups excluding carboxylic acids is 1. The van der Waals surface area contributed by atoms with Gasteiger partial charge in [0.15, 0.2) is 0 Å². The van der Waals surface area contributed by atoms with Crippen LogP contribution in [0.15, 0.2) is 72.8 Å². The Balaban J connectivity index is 1.55. The second kappa shape index (κ2) is 12.3. The number of anilines is 1. The van der Waals surface area contributed by atoms with E-state index in [1.807, 2.05) is 61.5 Å². The number of ether oxygens (including phenoxy) is 2. The molecule has 0 radical (unpaired) electrons. The number of para-hydroxylation sites is 1. The van der Waals surface area contributed by atoms with Gasteiger partial charge in [0.1, 0.15) is 12.4 Å². The van der Waals surface area contributed by atoms with Crippen molar-refractivity contribution < 1.29 is 19.4 Å². The van der Waals surface area contributed by atoms with Crippen LogP contribution in [-0.2, 0) is 4.74 Å². The molecule has 2 aromatic carbocycles. The third-order valence-electron chi connectivity index (χ3n) is 6.69. The van der Waals surface area contributed by atoms with Crippen LogP contribution < -0.4 is 15.4 Å². The minimum Gasteiger partial charge on any atom is -0.473 e. The minimum absolute atomic E-state index is 0.0334. The number of urea groups is 1. The molecule has 1 aliphatic carbocycles. The first kappa shape index (κ1) is 27.4. The summed E-state index contributed by atoms with van der Waals surface area (Å²) < 4.78 is 12.7. The fourth-order valence-electron chi connectivity index (χ4n) is 4.88. The smallest absolute Gasteiger partial charge is 0.320 e. The van der Waals surface area contributed by atoms with Crippen LogP contribution in [0, 0.1) is 12.8 Å². The van der Waals surface area contributed by atoms with E-state index in [-0.39, 0.29) is 24.6 Å². The van der Waals surface area contributed by atoms with Crippen LogP contribution >= 0.6 is 0 Å².